The first kappa shape index (κ1) is 22.9. The number of hydrogen-bond donors (Lipinski definition) is 2. The normalized spacial score (nSPS) is 19.2. The van der Waals surface area contributed by atoms with Gasteiger partial charge in [-0.25, -0.2) is 8.78 Å². The van der Waals surface area contributed by atoms with Crippen molar-refractivity contribution in [2.75, 3.05) is 24.5 Å². The van der Waals surface area contributed by atoms with Crippen LogP contribution >= 0.6 is 0 Å². The molecule has 5 rings (SSSR count). The molecule has 1 unspecified atom stereocenters. The Morgan fingerprint density at radius 1 is 1.20 bits per heavy atom. The van der Waals surface area contributed by atoms with Gasteiger partial charge in [-0.3, -0.25) is 4.79 Å². The van der Waals surface area contributed by atoms with Gasteiger partial charge in [0.2, 0.25) is 0 Å². The molecule has 1 atom stereocenters. The Morgan fingerprint density at radius 3 is 2.77 bits per heavy atom. The van der Waals surface area contributed by atoms with E-state index in [-0.39, 0.29) is 17.8 Å². The molecule has 35 heavy (non-hydrogen) atoms. The second-order valence-corrected chi connectivity index (χ2v) is 9.09. The van der Waals surface area contributed by atoms with Crippen LogP contribution < -0.4 is 15.5 Å². The highest BCUT2D eigenvalue weighted by Crippen LogP contribution is 2.39. The third-order valence-corrected chi connectivity index (χ3v) is 6.72. The molecule has 0 radical (unpaired) electrons. The van der Waals surface area contributed by atoms with Gasteiger partial charge in [0.05, 0.1) is 23.5 Å². The van der Waals surface area contributed by atoms with Gasteiger partial charge in [0, 0.05) is 36.8 Å². The van der Waals surface area contributed by atoms with Gasteiger partial charge in [-0.1, -0.05) is 12.1 Å². The van der Waals surface area contributed by atoms with Crippen LogP contribution in [0.3, 0.4) is 0 Å². The van der Waals surface area contributed by atoms with Crippen LogP contribution in [0.15, 0.2) is 48.7 Å². The minimum atomic E-state index is -0.707. The molecule has 2 saturated heterocycles. The number of anilines is 1. The van der Waals surface area contributed by atoms with Gasteiger partial charge in [0.1, 0.15) is 11.6 Å². The lowest BCUT2D eigenvalue weighted by Crippen LogP contribution is -2.42. The van der Waals surface area contributed by atoms with Crippen molar-refractivity contribution in [3.8, 4) is 17.2 Å². The van der Waals surface area contributed by atoms with E-state index in [1.807, 2.05) is 6.07 Å². The van der Waals surface area contributed by atoms with Crippen LogP contribution in [-0.4, -0.2) is 41.3 Å². The van der Waals surface area contributed by atoms with Crippen molar-refractivity contribution in [1.29, 1.82) is 5.26 Å². The molecule has 2 N–H and O–H groups in total. The summed E-state index contributed by atoms with van der Waals surface area (Å²) in [4.78, 5) is 15.4. The van der Waals surface area contributed by atoms with Crippen molar-refractivity contribution in [1.82, 2.24) is 20.8 Å². The summed E-state index contributed by atoms with van der Waals surface area (Å²) in [7, 11) is 0. The first-order chi connectivity index (χ1) is 17.0. The van der Waals surface area contributed by atoms with Gasteiger partial charge < -0.3 is 15.5 Å². The van der Waals surface area contributed by atoms with E-state index < -0.39 is 17.5 Å². The molecule has 2 aliphatic rings. The largest absolute Gasteiger partial charge is 0.367 e. The number of carbonyl (C=O) groups is 1. The standard InChI is InChI=1S/C26H24F2N6O/c27-20-10-19(11-21(28)12-20)22-15-32-33-23(24(22)34-8-6-26(16-34)5-2-7-31-26)25(35)30-14-18-4-1-3-17(9-18)13-29/h1,3-4,9-12,15,31H,2,5-8,14,16H2,(H,30,35). The highest BCUT2D eigenvalue weighted by molar-refractivity contribution is 6.01. The van der Waals surface area contributed by atoms with E-state index in [1.54, 1.807) is 18.2 Å². The second kappa shape index (κ2) is 9.39. The van der Waals surface area contributed by atoms with Gasteiger partial charge in [0.25, 0.3) is 5.91 Å². The minimum absolute atomic E-state index is 0.0425. The third-order valence-electron chi connectivity index (χ3n) is 6.72. The van der Waals surface area contributed by atoms with Crippen molar-refractivity contribution >= 4 is 11.6 Å². The van der Waals surface area contributed by atoms with Crippen molar-refractivity contribution in [2.45, 2.75) is 31.3 Å². The highest BCUT2D eigenvalue weighted by atomic mass is 19.1. The van der Waals surface area contributed by atoms with Crippen LogP contribution in [0.1, 0.15) is 40.9 Å². The van der Waals surface area contributed by atoms with E-state index in [2.05, 4.69) is 31.8 Å². The van der Waals surface area contributed by atoms with Gasteiger partial charge in [-0.05, 0) is 61.2 Å². The average Bonchev–Trinajstić information content (AvgIpc) is 3.51. The Balaban J connectivity index is 1.51. The zero-order valence-electron chi connectivity index (χ0n) is 19.0. The average molecular weight is 475 g/mol. The van der Waals surface area contributed by atoms with Crippen molar-refractivity contribution in [3.63, 3.8) is 0 Å². The molecule has 0 saturated carbocycles. The fraction of sp³-hybridized carbons (Fsp3) is 0.308. The molecule has 1 spiro atoms. The summed E-state index contributed by atoms with van der Waals surface area (Å²) in [6.07, 6.45) is 4.46. The van der Waals surface area contributed by atoms with Gasteiger partial charge in [0.15, 0.2) is 5.69 Å². The van der Waals surface area contributed by atoms with Crippen molar-refractivity contribution in [3.05, 3.63) is 77.1 Å². The molecular formula is C26H24F2N6O. The number of benzene rings is 2. The number of hydrogen-bond acceptors (Lipinski definition) is 6. The van der Waals surface area contributed by atoms with E-state index in [4.69, 9.17) is 5.26 Å². The van der Waals surface area contributed by atoms with E-state index in [9.17, 15) is 13.6 Å². The van der Waals surface area contributed by atoms with Crippen LogP contribution in [0.25, 0.3) is 11.1 Å². The van der Waals surface area contributed by atoms with Crippen LogP contribution in [-0.2, 0) is 6.54 Å². The fourth-order valence-corrected chi connectivity index (χ4v) is 5.07. The summed E-state index contributed by atoms with van der Waals surface area (Å²) in [6, 6.07) is 12.3. The number of rotatable bonds is 5. The van der Waals surface area contributed by atoms with Crippen LogP contribution in [0.4, 0.5) is 14.5 Å². The molecule has 2 fully saturated rings. The Labute approximate surface area is 201 Å². The first-order valence-corrected chi connectivity index (χ1v) is 11.6. The van der Waals surface area contributed by atoms with E-state index in [0.29, 0.717) is 35.5 Å². The summed E-state index contributed by atoms with van der Waals surface area (Å²) < 4.78 is 28.2. The second-order valence-electron chi connectivity index (χ2n) is 9.09. The summed E-state index contributed by atoms with van der Waals surface area (Å²) >= 11 is 0. The van der Waals surface area contributed by atoms with E-state index in [0.717, 1.165) is 37.4 Å². The number of nitriles is 1. The first-order valence-electron chi connectivity index (χ1n) is 11.6. The van der Waals surface area contributed by atoms with Gasteiger partial charge in [-0.15, -0.1) is 5.10 Å². The maximum absolute atomic E-state index is 14.1. The van der Waals surface area contributed by atoms with E-state index >= 15 is 0 Å². The molecule has 2 aromatic carbocycles. The molecule has 1 aromatic heterocycles. The smallest absolute Gasteiger partial charge is 0.274 e. The molecule has 2 aliphatic heterocycles. The lowest BCUT2D eigenvalue weighted by atomic mass is 9.97. The predicted molar refractivity (Wildman–Crippen MR) is 127 cm³/mol. The zero-order chi connectivity index (χ0) is 24.4. The molecule has 3 heterocycles. The van der Waals surface area contributed by atoms with E-state index in [1.165, 1.54) is 18.3 Å². The minimum Gasteiger partial charge on any atom is -0.367 e. The van der Waals surface area contributed by atoms with Crippen molar-refractivity contribution < 1.29 is 13.6 Å². The maximum Gasteiger partial charge on any atom is 0.274 e. The zero-order valence-corrected chi connectivity index (χ0v) is 19.0. The summed E-state index contributed by atoms with van der Waals surface area (Å²) in [5.74, 6) is -1.86. The molecule has 3 aromatic rings. The molecule has 9 heteroatoms. The lowest BCUT2D eigenvalue weighted by molar-refractivity contribution is 0.0945. The quantitative estimate of drug-likeness (QED) is 0.588. The summed E-state index contributed by atoms with van der Waals surface area (Å²) in [5.41, 5.74) is 2.58. The molecule has 0 bridgehead atoms. The van der Waals surface area contributed by atoms with Gasteiger partial charge >= 0.3 is 0 Å². The fourth-order valence-electron chi connectivity index (χ4n) is 5.07. The monoisotopic (exact) mass is 474 g/mol. The lowest BCUT2D eigenvalue weighted by Gasteiger charge is -2.27. The number of nitrogens with one attached hydrogen (secondary N) is 2. The predicted octanol–water partition coefficient (Wildman–Crippen LogP) is 3.56. The molecular weight excluding hydrogens is 450 g/mol. The van der Waals surface area contributed by atoms with Gasteiger partial charge in [-0.2, -0.15) is 10.4 Å². The Bertz CT molecular complexity index is 1300. The molecule has 0 aliphatic carbocycles. The topological polar surface area (TPSA) is 93.9 Å². The summed E-state index contributed by atoms with van der Waals surface area (Å²) in [5, 5.41) is 23.7. The number of aromatic nitrogens is 2. The SMILES string of the molecule is N#Cc1cccc(CNC(=O)c2nncc(-c3cc(F)cc(F)c3)c2N2CCC3(CCCN3)C2)c1. The number of halogens is 2. The number of carbonyl (C=O) groups excluding carboxylic acids is 1. The Kier molecular flexibility index (Phi) is 6.14. The van der Waals surface area contributed by atoms with Crippen LogP contribution in [0.5, 0.6) is 0 Å². The highest BCUT2D eigenvalue weighted by Gasteiger charge is 2.42. The Hall–Kier alpha value is -3.90. The Morgan fingerprint density at radius 2 is 2.03 bits per heavy atom. The molecule has 178 valence electrons. The van der Waals surface area contributed by atoms with Crippen LogP contribution in [0, 0.1) is 23.0 Å². The third kappa shape index (κ3) is 4.70. The number of amides is 1. The molecule has 7 nitrogen and oxygen atoms in total. The number of nitrogens with zero attached hydrogens (tertiary/aromatic N) is 4. The van der Waals surface area contributed by atoms with Crippen molar-refractivity contribution in [2.24, 2.45) is 0 Å². The summed E-state index contributed by atoms with van der Waals surface area (Å²) in [6.45, 7) is 2.47. The van der Waals surface area contributed by atoms with Crippen LogP contribution in [0.2, 0.25) is 0 Å². The maximum atomic E-state index is 14.1. The molecule has 1 amide bonds.